The average molecular weight is 388 g/mol. The molecule has 2 N–H and O–H groups in total. The number of benzene rings is 1. The van der Waals surface area contributed by atoms with Crippen LogP contribution in [0.3, 0.4) is 0 Å². The first-order valence-corrected chi connectivity index (χ1v) is 10.5. The monoisotopic (exact) mass is 388 g/mol. The first-order valence-electron chi connectivity index (χ1n) is 8.04. The molecule has 4 rings (SSSR count). The maximum Gasteiger partial charge on any atom is 0.257 e. The Balaban J connectivity index is 1.53. The molecule has 0 spiro atoms. The molecule has 26 heavy (non-hydrogen) atoms. The lowest BCUT2D eigenvalue weighted by molar-refractivity contribution is 0.102. The molecule has 134 valence electrons. The van der Waals surface area contributed by atoms with E-state index >= 15 is 0 Å². The first-order chi connectivity index (χ1) is 12.5. The molecule has 7 nitrogen and oxygen atoms in total. The van der Waals surface area contributed by atoms with Crippen molar-refractivity contribution >= 4 is 38.1 Å². The minimum atomic E-state index is -3.28. The Morgan fingerprint density at radius 2 is 2.15 bits per heavy atom. The van der Waals surface area contributed by atoms with Crippen LogP contribution in [-0.2, 0) is 10.0 Å². The minimum Gasteiger partial charge on any atom is -0.360 e. The number of H-pyrrole nitrogens is 1. The third-order valence-electron chi connectivity index (χ3n) is 4.09. The fourth-order valence-corrected chi connectivity index (χ4v) is 5.11. The third-order valence-corrected chi connectivity index (χ3v) is 6.72. The molecule has 9 heteroatoms. The average Bonchev–Trinajstić information content (AvgIpc) is 3.35. The molecule has 3 heterocycles. The van der Waals surface area contributed by atoms with E-state index < -0.39 is 10.0 Å². The van der Waals surface area contributed by atoms with Gasteiger partial charge in [0.25, 0.3) is 5.91 Å². The summed E-state index contributed by atoms with van der Waals surface area (Å²) >= 11 is 1.33. The lowest BCUT2D eigenvalue weighted by atomic mass is 10.2. The number of anilines is 2. The van der Waals surface area contributed by atoms with Crippen LogP contribution in [0, 0.1) is 0 Å². The maximum absolute atomic E-state index is 12.5. The molecule has 3 aromatic rings. The normalized spacial score (nSPS) is 15.9. The predicted molar refractivity (Wildman–Crippen MR) is 102 cm³/mol. The number of aromatic nitrogens is 2. The quantitative estimate of drug-likeness (QED) is 0.718. The topological polar surface area (TPSA) is 95.2 Å². The van der Waals surface area contributed by atoms with E-state index in [2.05, 4.69) is 15.3 Å². The standard InChI is InChI=1S/C17H16N4O3S2/c22-16(20-17-19-15(11-25-17)14-6-2-7-18-14)12-4-1-5-13(10-12)21-8-3-9-26(21,23)24/h1-2,4-7,10-11,18H,3,8-9H2,(H,19,20,22). The van der Waals surface area contributed by atoms with Crippen LogP contribution in [0.25, 0.3) is 11.4 Å². The van der Waals surface area contributed by atoms with Crippen LogP contribution in [0.2, 0.25) is 0 Å². The predicted octanol–water partition coefficient (Wildman–Crippen LogP) is 2.93. The summed E-state index contributed by atoms with van der Waals surface area (Å²) in [7, 11) is -3.28. The van der Waals surface area contributed by atoms with Gasteiger partial charge in [0.05, 0.1) is 22.8 Å². The first kappa shape index (κ1) is 16.8. The van der Waals surface area contributed by atoms with Crippen molar-refractivity contribution < 1.29 is 13.2 Å². The number of sulfonamides is 1. The lowest BCUT2D eigenvalue weighted by Crippen LogP contribution is -2.25. The van der Waals surface area contributed by atoms with Crippen LogP contribution in [0.15, 0.2) is 48.0 Å². The van der Waals surface area contributed by atoms with Crippen molar-refractivity contribution in [1.29, 1.82) is 0 Å². The summed E-state index contributed by atoms with van der Waals surface area (Å²) in [5.74, 6) is -0.180. The van der Waals surface area contributed by atoms with E-state index in [1.807, 2.05) is 23.7 Å². The van der Waals surface area contributed by atoms with Gasteiger partial charge in [-0.3, -0.25) is 14.4 Å². The number of hydrogen-bond acceptors (Lipinski definition) is 5. The molecule has 0 bridgehead atoms. The molecular weight excluding hydrogens is 372 g/mol. The minimum absolute atomic E-state index is 0.143. The van der Waals surface area contributed by atoms with Gasteiger partial charge in [-0.25, -0.2) is 13.4 Å². The van der Waals surface area contributed by atoms with Crippen LogP contribution in [0.1, 0.15) is 16.8 Å². The highest BCUT2D eigenvalue weighted by Crippen LogP contribution is 2.26. The van der Waals surface area contributed by atoms with Crippen molar-refractivity contribution in [2.75, 3.05) is 21.9 Å². The fraction of sp³-hybridized carbons (Fsp3) is 0.176. The van der Waals surface area contributed by atoms with Crippen LogP contribution in [0.5, 0.6) is 0 Å². The zero-order valence-corrected chi connectivity index (χ0v) is 15.3. The van der Waals surface area contributed by atoms with Gasteiger partial charge in [-0.05, 0) is 36.8 Å². The van der Waals surface area contributed by atoms with Gasteiger partial charge in [-0.15, -0.1) is 11.3 Å². The number of rotatable bonds is 4. The zero-order valence-electron chi connectivity index (χ0n) is 13.7. The maximum atomic E-state index is 12.5. The van der Waals surface area contributed by atoms with Crippen molar-refractivity contribution in [1.82, 2.24) is 9.97 Å². The van der Waals surface area contributed by atoms with Crippen molar-refractivity contribution in [2.45, 2.75) is 6.42 Å². The Hall–Kier alpha value is -2.65. The second kappa shape index (κ2) is 6.58. The second-order valence-electron chi connectivity index (χ2n) is 5.87. The summed E-state index contributed by atoms with van der Waals surface area (Å²) in [6.45, 7) is 0.444. The number of hydrogen-bond donors (Lipinski definition) is 2. The second-order valence-corrected chi connectivity index (χ2v) is 8.74. The summed E-state index contributed by atoms with van der Waals surface area (Å²) in [6, 6.07) is 10.4. The summed E-state index contributed by atoms with van der Waals surface area (Å²) in [5, 5.41) is 5.11. The van der Waals surface area contributed by atoms with Crippen molar-refractivity contribution in [3.63, 3.8) is 0 Å². The van der Waals surface area contributed by atoms with Gasteiger partial charge in [0.2, 0.25) is 10.0 Å². The summed E-state index contributed by atoms with van der Waals surface area (Å²) in [4.78, 5) is 20.0. The molecule has 1 fully saturated rings. The molecule has 2 aromatic heterocycles. The molecule has 0 atom stereocenters. The van der Waals surface area contributed by atoms with Crippen LogP contribution in [0.4, 0.5) is 10.8 Å². The Morgan fingerprint density at radius 1 is 1.27 bits per heavy atom. The van der Waals surface area contributed by atoms with Gasteiger partial charge in [-0.1, -0.05) is 6.07 Å². The van der Waals surface area contributed by atoms with E-state index in [4.69, 9.17) is 0 Å². The van der Waals surface area contributed by atoms with Crippen LogP contribution in [-0.4, -0.2) is 36.6 Å². The van der Waals surface area contributed by atoms with Crippen molar-refractivity contribution in [2.24, 2.45) is 0 Å². The largest absolute Gasteiger partial charge is 0.360 e. The van der Waals surface area contributed by atoms with Gasteiger partial charge in [0, 0.05) is 23.7 Å². The number of nitrogens with one attached hydrogen (secondary N) is 2. The van der Waals surface area contributed by atoms with E-state index in [1.165, 1.54) is 15.6 Å². The Morgan fingerprint density at radius 3 is 2.88 bits per heavy atom. The van der Waals surface area contributed by atoms with Gasteiger partial charge >= 0.3 is 0 Å². The highest BCUT2D eigenvalue weighted by molar-refractivity contribution is 7.93. The smallest absolute Gasteiger partial charge is 0.257 e. The number of carbonyl (C=O) groups is 1. The van der Waals surface area contributed by atoms with Gasteiger partial charge < -0.3 is 4.98 Å². The highest BCUT2D eigenvalue weighted by atomic mass is 32.2. The molecule has 0 unspecified atom stereocenters. The van der Waals surface area contributed by atoms with E-state index in [-0.39, 0.29) is 11.7 Å². The third kappa shape index (κ3) is 3.23. The molecule has 0 aliphatic carbocycles. The molecule has 1 saturated heterocycles. The van der Waals surface area contributed by atoms with E-state index in [0.29, 0.717) is 29.3 Å². The van der Waals surface area contributed by atoms with Crippen molar-refractivity contribution in [3.8, 4) is 11.4 Å². The van der Waals surface area contributed by atoms with Gasteiger partial charge in [0.15, 0.2) is 5.13 Å². The molecule has 1 amide bonds. The number of thiazole rings is 1. The van der Waals surface area contributed by atoms with Gasteiger partial charge in [-0.2, -0.15) is 0 Å². The summed E-state index contributed by atoms with van der Waals surface area (Å²) in [6.07, 6.45) is 2.41. The van der Waals surface area contributed by atoms with Crippen molar-refractivity contribution in [3.05, 3.63) is 53.5 Å². The molecule has 0 saturated carbocycles. The number of nitrogens with zero attached hydrogens (tertiary/aromatic N) is 2. The lowest BCUT2D eigenvalue weighted by Gasteiger charge is -2.17. The summed E-state index contributed by atoms with van der Waals surface area (Å²) < 4.78 is 25.5. The molecule has 1 aromatic carbocycles. The SMILES string of the molecule is O=C(Nc1nc(-c2ccc[nH]2)cs1)c1cccc(N2CCCS2(=O)=O)c1. The summed E-state index contributed by atoms with van der Waals surface area (Å²) in [5.41, 5.74) is 2.54. The van der Waals surface area contributed by atoms with Gasteiger partial charge in [0.1, 0.15) is 0 Å². The number of aromatic amines is 1. The van der Waals surface area contributed by atoms with E-state index in [1.54, 1.807) is 24.3 Å². The number of amides is 1. The Bertz CT molecular complexity index is 1040. The zero-order chi connectivity index (χ0) is 18.1. The van der Waals surface area contributed by atoms with Crippen LogP contribution >= 0.6 is 11.3 Å². The Labute approximate surface area is 154 Å². The van der Waals surface area contributed by atoms with E-state index in [0.717, 1.165) is 11.4 Å². The molecule has 1 aliphatic rings. The number of carbonyl (C=O) groups excluding carboxylic acids is 1. The molecule has 0 radical (unpaired) electrons. The van der Waals surface area contributed by atoms with Crippen LogP contribution < -0.4 is 9.62 Å². The Kier molecular flexibility index (Phi) is 4.25. The molecular formula is C17H16N4O3S2. The molecule has 1 aliphatic heterocycles. The highest BCUT2D eigenvalue weighted by Gasteiger charge is 2.28. The van der Waals surface area contributed by atoms with E-state index in [9.17, 15) is 13.2 Å². The fourth-order valence-electron chi connectivity index (χ4n) is 2.85.